The van der Waals surface area contributed by atoms with Gasteiger partial charge < -0.3 is 35.3 Å². The van der Waals surface area contributed by atoms with Crippen LogP contribution in [0, 0.1) is 0 Å². The predicted molar refractivity (Wildman–Crippen MR) is 260 cm³/mol. The molecule has 0 aliphatic carbocycles. The fourth-order valence-electron chi connectivity index (χ4n) is 9.03. The number of unbranched alkanes of at least 4 members (excludes halogenated alkanes) is 4. The van der Waals surface area contributed by atoms with E-state index in [1.165, 1.54) is 4.90 Å². The largest absolute Gasteiger partial charge is 0.484 e. The van der Waals surface area contributed by atoms with E-state index >= 15 is 0 Å². The topological polar surface area (TPSA) is 172 Å². The third kappa shape index (κ3) is 13.2. The maximum atomic E-state index is 14.3. The molecule has 13 nitrogen and oxygen atoms in total. The van der Waals surface area contributed by atoms with Crippen LogP contribution in [0.1, 0.15) is 125 Å². The lowest BCUT2D eigenvalue weighted by atomic mass is 9.94. The average molecular weight is 924 g/mol. The van der Waals surface area contributed by atoms with Crippen molar-refractivity contribution in [3.8, 4) is 5.75 Å². The van der Waals surface area contributed by atoms with E-state index in [1.54, 1.807) is 38.1 Å². The zero-order valence-corrected chi connectivity index (χ0v) is 41.2. The number of ether oxygens (including phenoxy) is 1. The molecule has 5 amide bonds. The van der Waals surface area contributed by atoms with Crippen molar-refractivity contribution in [3.63, 3.8) is 0 Å². The van der Waals surface area contributed by atoms with E-state index in [9.17, 15) is 28.8 Å². The number of carbonyl (C=O) groups is 6. The molecule has 66 heavy (non-hydrogen) atoms. The van der Waals surface area contributed by atoms with E-state index in [0.29, 0.717) is 57.4 Å². The third-order valence-electron chi connectivity index (χ3n) is 13.2. The second-order valence-corrected chi connectivity index (χ2v) is 23.4. The molecule has 0 aromatic heterocycles. The number of nitrogens with zero attached hydrogens (tertiary/aromatic N) is 1. The monoisotopic (exact) mass is 924 g/mol. The van der Waals surface area contributed by atoms with Gasteiger partial charge in [0.1, 0.15) is 35.5 Å². The normalized spacial score (nSPS) is 21.1. The van der Waals surface area contributed by atoms with E-state index < -0.39 is 55.8 Å². The molecule has 0 spiro atoms. The van der Waals surface area contributed by atoms with Crippen LogP contribution in [-0.4, -0.2) is 98.0 Å². The number of fused-ring (bicyclic) bond motifs is 1. The first-order valence-corrected chi connectivity index (χ1v) is 26.0. The summed E-state index contributed by atoms with van der Waals surface area (Å²) in [6, 6.07) is 24.7. The lowest BCUT2D eigenvalue weighted by Crippen LogP contribution is -2.68. The highest BCUT2D eigenvalue weighted by molar-refractivity contribution is 6.99. The van der Waals surface area contributed by atoms with Crippen LogP contribution >= 0.6 is 0 Å². The standard InChI is InChI=1S/C52H73N5O8Si/c1-8-10-20-33-53-46(59)36-64-39-31-29-38(30-32-39)35-43-49(62)57-34-21-27-44(57)48(61)54-42(47(60)56-52(7,9-2)50(63)55-43)26-18-13-19-28-45(58)37(3)65-66(51(4,5)6,40-22-14-11-15-23-40)41-24-16-12-17-25-41/h11-12,14-17,22-25,29-32,37,42-44H,8-10,13,18-21,26-28,33-36H2,1-7H3,(H,53,59)(H,54,61)(H,55,63)(H,56,60)/t37-,42-,43-,44+,52-/m0/s1. The fraction of sp³-hybridized carbons (Fsp3) is 0.538. The van der Waals surface area contributed by atoms with Crippen LogP contribution < -0.4 is 36.4 Å². The highest BCUT2D eigenvalue weighted by atomic mass is 28.4. The lowest BCUT2D eigenvalue weighted by Gasteiger charge is -2.44. The van der Waals surface area contributed by atoms with Crippen LogP contribution in [0.25, 0.3) is 0 Å². The Labute approximate surface area is 393 Å². The van der Waals surface area contributed by atoms with E-state index in [1.807, 2.05) is 43.3 Å². The van der Waals surface area contributed by atoms with Crippen molar-refractivity contribution >= 4 is 54.0 Å². The summed E-state index contributed by atoms with van der Waals surface area (Å²) in [6.07, 6.45) is 6.08. The first-order chi connectivity index (χ1) is 31.5. The fourth-order valence-corrected chi connectivity index (χ4v) is 13.7. The number of Topliss-reactive ketones (excluding diaryl/α,β-unsaturated/α-hetero) is 1. The predicted octanol–water partition coefficient (Wildman–Crippen LogP) is 5.66. The Balaban J connectivity index is 1.21. The molecule has 2 heterocycles. The van der Waals surface area contributed by atoms with Gasteiger partial charge in [0.25, 0.3) is 14.2 Å². The molecule has 14 heteroatoms. The molecule has 0 saturated carbocycles. The highest BCUT2D eigenvalue weighted by Crippen LogP contribution is 2.38. The summed E-state index contributed by atoms with van der Waals surface area (Å²) >= 11 is 0. The van der Waals surface area contributed by atoms with Crippen molar-refractivity contribution in [1.82, 2.24) is 26.2 Å². The SMILES string of the molecule is CCCCCNC(=O)COc1ccc(C[C@@H]2NC(=O)[C@](C)(CC)NC(=O)[C@H](CCCCCC(=O)[C@H](C)O[Si](c3ccccc3)(c3ccccc3)C(C)(C)C)NC(=O)[C@H]3CCCN3C2=O)cc1. The number of hydrogen-bond donors (Lipinski definition) is 4. The van der Waals surface area contributed by atoms with Crippen LogP contribution in [0.4, 0.5) is 0 Å². The second kappa shape index (κ2) is 23.9. The van der Waals surface area contributed by atoms with Crippen molar-refractivity contribution < 1.29 is 37.9 Å². The molecule has 2 aliphatic rings. The molecule has 0 unspecified atom stereocenters. The van der Waals surface area contributed by atoms with Gasteiger partial charge in [-0.15, -0.1) is 0 Å². The zero-order valence-electron chi connectivity index (χ0n) is 40.2. The average Bonchev–Trinajstić information content (AvgIpc) is 3.81. The summed E-state index contributed by atoms with van der Waals surface area (Å²) < 4.78 is 12.7. The zero-order chi connectivity index (χ0) is 47.9. The number of hydrogen-bond acceptors (Lipinski definition) is 8. The van der Waals surface area contributed by atoms with Gasteiger partial charge in [-0.3, -0.25) is 28.8 Å². The molecule has 5 rings (SSSR count). The maximum absolute atomic E-state index is 14.3. The van der Waals surface area contributed by atoms with Crippen LogP contribution in [0.15, 0.2) is 84.9 Å². The van der Waals surface area contributed by atoms with Gasteiger partial charge in [0.2, 0.25) is 23.6 Å². The summed E-state index contributed by atoms with van der Waals surface area (Å²) in [6.45, 7) is 14.7. The maximum Gasteiger partial charge on any atom is 0.262 e. The number of benzene rings is 3. The van der Waals surface area contributed by atoms with E-state index in [-0.39, 0.29) is 48.5 Å². The second-order valence-electron chi connectivity index (χ2n) is 19.1. The molecule has 3 aromatic rings. The van der Waals surface area contributed by atoms with Gasteiger partial charge in [0, 0.05) is 25.9 Å². The van der Waals surface area contributed by atoms with Crippen LogP contribution in [0.2, 0.25) is 5.04 Å². The minimum absolute atomic E-state index is 0.00866. The van der Waals surface area contributed by atoms with E-state index in [2.05, 4.69) is 73.2 Å². The van der Waals surface area contributed by atoms with E-state index in [4.69, 9.17) is 9.16 Å². The molecule has 4 N–H and O–H groups in total. The summed E-state index contributed by atoms with van der Waals surface area (Å²) in [5.74, 6) is -1.48. The van der Waals surface area contributed by atoms with Gasteiger partial charge in [-0.1, -0.05) is 133 Å². The van der Waals surface area contributed by atoms with Crippen LogP contribution in [-0.2, 0) is 39.6 Å². The molecule has 2 fully saturated rings. The van der Waals surface area contributed by atoms with Gasteiger partial charge in [-0.2, -0.15) is 0 Å². The van der Waals surface area contributed by atoms with Crippen molar-refractivity contribution in [2.24, 2.45) is 0 Å². The number of ketones is 1. The van der Waals surface area contributed by atoms with Crippen LogP contribution in [0.3, 0.4) is 0 Å². The van der Waals surface area contributed by atoms with Gasteiger partial charge in [0.05, 0.1) is 0 Å². The Morgan fingerprint density at radius 2 is 1.48 bits per heavy atom. The van der Waals surface area contributed by atoms with Gasteiger partial charge in [0.15, 0.2) is 12.4 Å². The first-order valence-electron chi connectivity index (χ1n) is 24.1. The number of amides is 5. The minimum Gasteiger partial charge on any atom is -0.484 e. The smallest absolute Gasteiger partial charge is 0.262 e. The molecule has 2 saturated heterocycles. The number of nitrogens with one attached hydrogen (secondary N) is 4. The molecule has 3 aromatic carbocycles. The molecule has 0 bridgehead atoms. The quantitative estimate of drug-likeness (QED) is 0.0784. The van der Waals surface area contributed by atoms with E-state index in [0.717, 1.165) is 35.2 Å². The Hall–Kier alpha value is -5.34. The van der Waals surface area contributed by atoms with Crippen LogP contribution in [0.5, 0.6) is 5.75 Å². The van der Waals surface area contributed by atoms with Gasteiger partial charge >= 0.3 is 0 Å². The number of rotatable bonds is 21. The first kappa shape index (κ1) is 51.6. The Morgan fingerprint density at radius 3 is 2.09 bits per heavy atom. The summed E-state index contributed by atoms with van der Waals surface area (Å²) in [7, 11) is -2.93. The van der Waals surface area contributed by atoms with Crippen molar-refractivity contribution in [3.05, 3.63) is 90.5 Å². The Bertz CT molecular complexity index is 2060. The molecule has 358 valence electrons. The summed E-state index contributed by atoms with van der Waals surface area (Å²) in [5.41, 5.74) is -0.646. The minimum atomic E-state index is -2.93. The summed E-state index contributed by atoms with van der Waals surface area (Å²) in [4.78, 5) is 83.9. The van der Waals surface area contributed by atoms with Crippen molar-refractivity contribution in [1.29, 1.82) is 0 Å². The van der Waals surface area contributed by atoms with Gasteiger partial charge in [-0.25, -0.2) is 0 Å². The van der Waals surface area contributed by atoms with Crippen molar-refractivity contribution in [2.75, 3.05) is 19.7 Å². The Kier molecular flexibility index (Phi) is 18.7. The molecule has 5 atom stereocenters. The van der Waals surface area contributed by atoms with Gasteiger partial charge in [-0.05, 0) is 85.5 Å². The molecular formula is C52H73N5O8Si. The third-order valence-corrected chi connectivity index (χ3v) is 18.3. The lowest BCUT2D eigenvalue weighted by molar-refractivity contribution is -0.144. The summed E-state index contributed by atoms with van der Waals surface area (Å²) in [5, 5.41) is 13.6. The Morgan fingerprint density at radius 1 is 0.833 bits per heavy atom. The number of carbonyl (C=O) groups excluding carboxylic acids is 6. The molecule has 2 aliphatic heterocycles. The molecular weight excluding hydrogens is 851 g/mol. The molecule has 0 radical (unpaired) electrons. The van der Waals surface area contributed by atoms with Crippen molar-refractivity contribution in [2.45, 2.75) is 160 Å². The highest BCUT2D eigenvalue weighted by Gasteiger charge is 2.51.